The zero-order valence-electron chi connectivity index (χ0n) is 11.7. The summed E-state index contributed by atoms with van der Waals surface area (Å²) in [6.07, 6.45) is -4.34. The SMILES string of the molecule is COc1ccc(Cl)cc1C1CNc2cc(C(F)(F)F)ccc21. The van der Waals surface area contributed by atoms with Gasteiger partial charge >= 0.3 is 6.18 Å². The van der Waals surface area contributed by atoms with Crippen LogP contribution < -0.4 is 10.1 Å². The molecule has 1 N–H and O–H groups in total. The van der Waals surface area contributed by atoms with E-state index in [1.54, 1.807) is 25.3 Å². The summed E-state index contributed by atoms with van der Waals surface area (Å²) in [5.74, 6) is 0.579. The summed E-state index contributed by atoms with van der Waals surface area (Å²) in [5, 5.41) is 3.60. The Balaban J connectivity index is 2.04. The molecule has 2 aromatic rings. The highest BCUT2D eigenvalue weighted by atomic mass is 35.5. The van der Waals surface area contributed by atoms with Gasteiger partial charge in [-0.1, -0.05) is 17.7 Å². The van der Waals surface area contributed by atoms with E-state index in [1.165, 1.54) is 6.07 Å². The van der Waals surface area contributed by atoms with Crippen LogP contribution in [0.1, 0.15) is 22.6 Å². The summed E-state index contributed by atoms with van der Waals surface area (Å²) in [6.45, 7) is 0.507. The highest BCUT2D eigenvalue weighted by Crippen LogP contribution is 2.42. The van der Waals surface area contributed by atoms with Crippen LogP contribution in [0, 0.1) is 0 Å². The van der Waals surface area contributed by atoms with Crippen molar-refractivity contribution in [3.8, 4) is 5.75 Å². The van der Waals surface area contributed by atoms with Crippen LogP contribution in [-0.4, -0.2) is 13.7 Å². The van der Waals surface area contributed by atoms with Gasteiger partial charge < -0.3 is 10.1 Å². The molecule has 0 radical (unpaired) electrons. The first-order chi connectivity index (χ1) is 10.4. The van der Waals surface area contributed by atoms with Crippen LogP contribution in [0.15, 0.2) is 36.4 Å². The predicted octanol–water partition coefficient (Wildman–Crippen LogP) is 4.92. The Morgan fingerprint density at radius 2 is 1.91 bits per heavy atom. The van der Waals surface area contributed by atoms with Crippen molar-refractivity contribution in [2.45, 2.75) is 12.1 Å². The Kier molecular flexibility index (Phi) is 3.68. The summed E-state index contributed by atoms with van der Waals surface area (Å²) in [4.78, 5) is 0. The van der Waals surface area contributed by atoms with Crippen molar-refractivity contribution in [1.82, 2.24) is 0 Å². The van der Waals surface area contributed by atoms with Crippen LogP contribution >= 0.6 is 11.6 Å². The quantitative estimate of drug-likeness (QED) is 0.845. The minimum atomic E-state index is -4.34. The van der Waals surface area contributed by atoms with E-state index in [-0.39, 0.29) is 5.92 Å². The standard InChI is InChI=1S/C16H13ClF3NO/c1-22-15-5-3-10(17)7-12(15)13-8-21-14-6-9(16(18,19)20)2-4-11(13)14/h2-7,13,21H,8H2,1H3. The molecule has 3 rings (SSSR count). The van der Waals surface area contributed by atoms with Crippen molar-refractivity contribution < 1.29 is 17.9 Å². The minimum absolute atomic E-state index is 0.0917. The summed E-state index contributed by atoms with van der Waals surface area (Å²) < 4.78 is 43.7. The van der Waals surface area contributed by atoms with E-state index < -0.39 is 11.7 Å². The van der Waals surface area contributed by atoms with Gasteiger partial charge in [0.15, 0.2) is 0 Å². The summed E-state index contributed by atoms with van der Waals surface area (Å²) >= 11 is 6.04. The lowest BCUT2D eigenvalue weighted by molar-refractivity contribution is -0.137. The Morgan fingerprint density at radius 1 is 1.14 bits per heavy atom. The molecular formula is C16H13ClF3NO. The third-order valence-corrected chi connectivity index (χ3v) is 4.05. The molecule has 0 aliphatic carbocycles. The second-order valence-corrected chi connectivity index (χ2v) is 5.56. The molecule has 2 aromatic carbocycles. The Labute approximate surface area is 130 Å². The maximum absolute atomic E-state index is 12.8. The van der Waals surface area contributed by atoms with Crippen LogP contribution in [0.2, 0.25) is 5.02 Å². The number of hydrogen-bond donors (Lipinski definition) is 1. The van der Waals surface area contributed by atoms with Crippen LogP contribution in [0.4, 0.5) is 18.9 Å². The van der Waals surface area contributed by atoms with Gasteiger partial charge in [0.25, 0.3) is 0 Å². The van der Waals surface area contributed by atoms with Gasteiger partial charge in [0.1, 0.15) is 5.75 Å². The van der Waals surface area contributed by atoms with E-state index in [2.05, 4.69) is 5.32 Å². The molecule has 0 fully saturated rings. The van der Waals surface area contributed by atoms with E-state index in [1.807, 2.05) is 0 Å². The topological polar surface area (TPSA) is 21.3 Å². The average molecular weight is 328 g/mol. The van der Waals surface area contributed by atoms with Crippen molar-refractivity contribution in [2.24, 2.45) is 0 Å². The van der Waals surface area contributed by atoms with E-state index in [9.17, 15) is 13.2 Å². The zero-order valence-corrected chi connectivity index (χ0v) is 12.4. The fourth-order valence-electron chi connectivity index (χ4n) is 2.77. The molecule has 0 spiro atoms. The molecule has 1 heterocycles. The number of rotatable bonds is 2. The Hall–Kier alpha value is -1.88. The van der Waals surface area contributed by atoms with Crippen LogP contribution in [0.3, 0.4) is 0 Å². The van der Waals surface area contributed by atoms with Gasteiger partial charge in [-0.15, -0.1) is 0 Å². The van der Waals surface area contributed by atoms with Gasteiger partial charge in [-0.2, -0.15) is 13.2 Å². The number of anilines is 1. The highest BCUT2D eigenvalue weighted by Gasteiger charge is 2.33. The molecule has 0 bridgehead atoms. The molecular weight excluding hydrogens is 315 g/mol. The molecule has 0 saturated carbocycles. The molecule has 2 nitrogen and oxygen atoms in total. The highest BCUT2D eigenvalue weighted by molar-refractivity contribution is 6.30. The van der Waals surface area contributed by atoms with Gasteiger partial charge in [0.05, 0.1) is 12.7 Å². The van der Waals surface area contributed by atoms with Crippen LogP contribution in [0.25, 0.3) is 0 Å². The van der Waals surface area contributed by atoms with Crippen molar-refractivity contribution in [1.29, 1.82) is 0 Å². The number of fused-ring (bicyclic) bond motifs is 1. The van der Waals surface area contributed by atoms with Gasteiger partial charge in [-0.25, -0.2) is 0 Å². The number of alkyl halides is 3. The van der Waals surface area contributed by atoms with Crippen molar-refractivity contribution in [3.63, 3.8) is 0 Å². The fraction of sp³-hybridized carbons (Fsp3) is 0.250. The molecule has 6 heteroatoms. The number of methoxy groups -OCH3 is 1. The number of benzene rings is 2. The van der Waals surface area contributed by atoms with E-state index >= 15 is 0 Å². The monoisotopic (exact) mass is 327 g/mol. The molecule has 116 valence electrons. The van der Waals surface area contributed by atoms with Gasteiger partial charge in [-0.05, 0) is 35.9 Å². The number of nitrogens with one attached hydrogen (secondary N) is 1. The first-order valence-electron chi connectivity index (χ1n) is 6.68. The van der Waals surface area contributed by atoms with E-state index in [0.29, 0.717) is 23.0 Å². The third-order valence-electron chi connectivity index (χ3n) is 3.82. The summed E-state index contributed by atoms with van der Waals surface area (Å²) in [7, 11) is 1.56. The second kappa shape index (κ2) is 5.39. The van der Waals surface area contributed by atoms with Crippen molar-refractivity contribution in [3.05, 3.63) is 58.1 Å². The second-order valence-electron chi connectivity index (χ2n) is 5.12. The maximum Gasteiger partial charge on any atom is 0.416 e. The first-order valence-corrected chi connectivity index (χ1v) is 7.06. The molecule has 1 unspecified atom stereocenters. The molecule has 0 aromatic heterocycles. The molecule has 0 amide bonds. The van der Waals surface area contributed by atoms with E-state index in [4.69, 9.17) is 16.3 Å². The first kappa shape index (κ1) is 15.0. The zero-order chi connectivity index (χ0) is 15.9. The van der Waals surface area contributed by atoms with Crippen molar-refractivity contribution in [2.75, 3.05) is 19.0 Å². The molecule has 1 atom stereocenters. The molecule has 0 saturated heterocycles. The predicted molar refractivity (Wildman–Crippen MR) is 79.8 cm³/mol. The Bertz CT molecular complexity index is 715. The smallest absolute Gasteiger partial charge is 0.416 e. The van der Waals surface area contributed by atoms with Gasteiger partial charge in [0, 0.05) is 28.7 Å². The normalized spacial score (nSPS) is 17.0. The molecule has 1 aliphatic heterocycles. The van der Waals surface area contributed by atoms with Gasteiger partial charge in [0.2, 0.25) is 0 Å². The lowest BCUT2D eigenvalue weighted by Crippen LogP contribution is -2.06. The van der Waals surface area contributed by atoms with Gasteiger partial charge in [-0.3, -0.25) is 0 Å². The summed E-state index contributed by atoms with van der Waals surface area (Å²) in [5.41, 5.74) is 1.52. The van der Waals surface area contributed by atoms with Crippen molar-refractivity contribution >= 4 is 17.3 Å². The van der Waals surface area contributed by atoms with Crippen LogP contribution in [0.5, 0.6) is 5.75 Å². The number of ether oxygens (including phenoxy) is 1. The maximum atomic E-state index is 12.8. The average Bonchev–Trinajstić information content (AvgIpc) is 2.89. The lowest BCUT2D eigenvalue weighted by Gasteiger charge is -2.16. The largest absolute Gasteiger partial charge is 0.496 e. The third kappa shape index (κ3) is 2.61. The number of halogens is 4. The Morgan fingerprint density at radius 3 is 2.59 bits per heavy atom. The summed E-state index contributed by atoms with van der Waals surface area (Å²) in [6, 6.07) is 9.05. The van der Waals surface area contributed by atoms with E-state index in [0.717, 1.165) is 23.3 Å². The van der Waals surface area contributed by atoms with Crippen LogP contribution in [-0.2, 0) is 6.18 Å². The number of hydrogen-bond acceptors (Lipinski definition) is 2. The minimum Gasteiger partial charge on any atom is -0.496 e. The lowest BCUT2D eigenvalue weighted by atomic mass is 9.92. The molecule has 1 aliphatic rings. The fourth-order valence-corrected chi connectivity index (χ4v) is 2.95. The molecule has 22 heavy (non-hydrogen) atoms.